The molecule has 0 heterocycles. The van der Waals surface area contributed by atoms with Gasteiger partial charge in [0.05, 0.1) is 10.5 Å². The van der Waals surface area contributed by atoms with E-state index >= 15 is 0 Å². The minimum Gasteiger partial charge on any atom is -0.371 e. The van der Waals surface area contributed by atoms with Crippen LogP contribution < -0.4 is 10.6 Å². The number of nitrogens with one attached hydrogen (secondary N) is 2. The smallest absolute Gasteiger partial charge is 0.371 e. The molecule has 3 aliphatic rings. The maximum atomic E-state index is 13.9. The Morgan fingerprint density at radius 3 is 1.98 bits per heavy atom. The SMILES string of the molecule is O=C(NCC(F)(F)F)C1(CCCCC23C=Cc4c(NCS(=O)(=O)c5ccccc5-c5ccc(C(F)(F)F)cc5)cccc4C2C3)c2ccccc2-c2ccccc21. The quantitative estimate of drug-likeness (QED) is 0.0973. The van der Waals surface area contributed by atoms with Crippen molar-refractivity contribution in [1.29, 1.82) is 0 Å². The number of halogens is 6. The molecule has 2 atom stereocenters. The maximum absolute atomic E-state index is 13.9. The van der Waals surface area contributed by atoms with Crippen molar-refractivity contribution in [3.05, 3.63) is 149 Å². The first-order valence-electron chi connectivity index (χ1n) is 18.7. The zero-order valence-electron chi connectivity index (χ0n) is 30.6. The highest BCUT2D eigenvalue weighted by molar-refractivity contribution is 7.91. The lowest BCUT2D eigenvalue weighted by Crippen LogP contribution is -2.47. The van der Waals surface area contributed by atoms with Gasteiger partial charge >= 0.3 is 12.4 Å². The van der Waals surface area contributed by atoms with Crippen molar-refractivity contribution in [2.24, 2.45) is 5.41 Å². The van der Waals surface area contributed by atoms with E-state index in [2.05, 4.69) is 16.7 Å². The number of alkyl halides is 6. The van der Waals surface area contributed by atoms with Crippen LogP contribution in [0.4, 0.5) is 32.0 Å². The van der Waals surface area contributed by atoms with Gasteiger partial charge in [-0.15, -0.1) is 0 Å². The lowest BCUT2D eigenvalue weighted by atomic mass is 9.73. The number of benzene rings is 5. The van der Waals surface area contributed by atoms with Gasteiger partial charge in [0, 0.05) is 16.8 Å². The predicted molar refractivity (Wildman–Crippen MR) is 208 cm³/mol. The average Bonchev–Trinajstić information content (AvgIpc) is 3.87. The summed E-state index contributed by atoms with van der Waals surface area (Å²) in [6.07, 6.45) is -1.49. The summed E-state index contributed by atoms with van der Waals surface area (Å²) in [5, 5.41) is 5.31. The van der Waals surface area contributed by atoms with E-state index < -0.39 is 51.5 Å². The molecule has 5 aromatic carbocycles. The van der Waals surface area contributed by atoms with Crippen LogP contribution in [0.5, 0.6) is 0 Å². The van der Waals surface area contributed by atoms with E-state index in [9.17, 15) is 39.6 Å². The first-order valence-corrected chi connectivity index (χ1v) is 20.4. The highest BCUT2D eigenvalue weighted by Gasteiger charge is 2.55. The maximum Gasteiger partial charge on any atom is 0.416 e. The molecule has 0 spiro atoms. The van der Waals surface area contributed by atoms with Gasteiger partial charge in [-0.05, 0) is 88.2 Å². The van der Waals surface area contributed by atoms with E-state index in [0.29, 0.717) is 40.8 Å². The van der Waals surface area contributed by atoms with Gasteiger partial charge < -0.3 is 10.6 Å². The second-order valence-electron chi connectivity index (χ2n) is 15.1. The minimum absolute atomic E-state index is 0.00278. The molecule has 0 saturated heterocycles. The molecule has 1 amide bonds. The first-order chi connectivity index (χ1) is 27.1. The highest BCUT2D eigenvalue weighted by Crippen LogP contribution is 2.66. The second kappa shape index (κ2) is 14.2. The van der Waals surface area contributed by atoms with Gasteiger partial charge in [0.1, 0.15) is 17.8 Å². The lowest BCUT2D eigenvalue weighted by Gasteiger charge is -2.31. The Morgan fingerprint density at radius 2 is 1.33 bits per heavy atom. The normalized spacial score (nSPS) is 18.9. The Balaban J connectivity index is 0.960. The number of hydrogen-bond acceptors (Lipinski definition) is 4. The van der Waals surface area contributed by atoms with Gasteiger partial charge in [0.2, 0.25) is 5.91 Å². The topological polar surface area (TPSA) is 75.3 Å². The van der Waals surface area contributed by atoms with Gasteiger partial charge in [0.25, 0.3) is 0 Å². The lowest BCUT2D eigenvalue weighted by molar-refractivity contribution is -0.141. The molecular formula is C45H38F6N2O3S. The summed E-state index contributed by atoms with van der Waals surface area (Å²) < 4.78 is 107. The molecule has 2 N–H and O–H groups in total. The molecule has 0 aliphatic heterocycles. The van der Waals surface area contributed by atoms with Crippen LogP contribution in [0.2, 0.25) is 0 Å². The van der Waals surface area contributed by atoms with Crippen molar-refractivity contribution in [2.45, 2.75) is 60.7 Å². The first kappa shape index (κ1) is 38.5. The van der Waals surface area contributed by atoms with Gasteiger partial charge in [-0.3, -0.25) is 4.79 Å². The van der Waals surface area contributed by atoms with E-state index in [1.54, 1.807) is 18.2 Å². The standard InChI is InChI=1S/C45H38F6N2O3S/c46-44(47,48)27-52-41(54)43(36-14-4-1-11-32(36)33-12-2-5-15-37(33)43)24-8-7-23-42-25-22-35-34(38(42)26-42)13-9-16-39(35)53-28-57(55,56)40-17-6-3-10-31(40)29-18-20-30(21-19-29)45(49,50)51/h1-6,9-22,25,38,53H,7-8,23-24,26-28H2,(H,52,54). The van der Waals surface area contributed by atoms with Crippen LogP contribution in [-0.4, -0.2) is 32.9 Å². The van der Waals surface area contributed by atoms with E-state index in [0.717, 1.165) is 53.6 Å². The highest BCUT2D eigenvalue weighted by atomic mass is 32.2. The fourth-order valence-corrected chi connectivity index (χ4v) is 10.3. The molecule has 5 aromatic rings. The minimum atomic E-state index is -4.55. The van der Waals surface area contributed by atoms with Crippen molar-refractivity contribution in [3.8, 4) is 22.3 Å². The van der Waals surface area contributed by atoms with E-state index in [4.69, 9.17) is 0 Å². The zero-order chi connectivity index (χ0) is 40.2. The van der Waals surface area contributed by atoms with Crippen LogP contribution in [0.3, 0.4) is 0 Å². The molecule has 12 heteroatoms. The Labute approximate surface area is 326 Å². The number of anilines is 1. The van der Waals surface area contributed by atoms with E-state index in [1.807, 2.05) is 72.8 Å². The number of allylic oxidation sites excluding steroid dienone is 1. The van der Waals surface area contributed by atoms with Gasteiger partial charge in [0.15, 0.2) is 9.84 Å². The zero-order valence-corrected chi connectivity index (χ0v) is 31.4. The third-order valence-corrected chi connectivity index (χ3v) is 13.3. The molecule has 294 valence electrons. The number of sulfone groups is 1. The molecule has 1 saturated carbocycles. The van der Waals surface area contributed by atoms with Crippen LogP contribution in [0, 0.1) is 5.41 Å². The fraction of sp³-hybridized carbons (Fsp3) is 0.267. The van der Waals surface area contributed by atoms with Crippen molar-refractivity contribution in [1.82, 2.24) is 5.32 Å². The number of carbonyl (C=O) groups excluding carboxylic acids is 1. The Morgan fingerprint density at radius 1 is 0.719 bits per heavy atom. The van der Waals surface area contributed by atoms with Crippen LogP contribution in [0.15, 0.2) is 126 Å². The van der Waals surface area contributed by atoms with E-state index in [1.165, 1.54) is 18.2 Å². The number of hydrogen-bond donors (Lipinski definition) is 2. The van der Waals surface area contributed by atoms with Crippen LogP contribution in [0.1, 0.15) is 65.8 Å². The molecule has 5 nitrogen and oxygen atoms in total. The van der Waals surface area contributed by atoms with Crippen molar-refractivity contribution < 1.29 is 39.6 Å². The summed E-state index contributed by atoms with van der Waals surface area (Å²) in [6.45, 7) is -1.41. The molecular weight excluding hydrogens is 763 g/mol. The van der Waals surface area contributed by atoms with E-state index in [-0.39, 0.29) is 16.2 Å². The third kappa shape index (κ3) is 7.13. The summed E-state index contributed by atoms with van der Waals surface area (Å²) in [7, 11) is -3.94. The number of fused-ring (bicyclic) bond motifs is 6. The fourth-order valence-electron chi connectivity index (χ4n) is 8.96. The van der Waals surface area contributed by atoms with Gasteiger partial charge in [-0.25, -0.2) is 8.42 Å². The Bertz CT molecular complexity index is 2450. The Hall–Kier alpha value is -5.36. The van der Waals surface area contributed by atoms with Crippen LogP contribution in [0.25, 0.3) is 28.3 Å². The summed E-state index contributed by atoms with van der Waals surface area (Å²) >= 11 is 0. The number of rotatable bonds is 12. The molecule has 1 fully saturated rings. The number of carbonyl (C=O) groups is 1. The van der Waals surface area contributed by atoms with Crippen molar-refractivity contribution in [2.75, 3.05) is 17.7 Å². The second-order valence-corrected chi connectivity index (χ2v) is 17.1. The molecule has 2 unspecified atom stereocenters. The van der Waals surface area contributed by atoms with Crippen LogP contribution >= 0.6 is 0 Å². The molecule has 0 radical (unpaired) electrons. The average molecular weight is 801 g/mol. The van der Waals surface area contributed by atoms with Crippen LogP contribution in [-0.2, 0) is 26.2 Å². The summed E-state index contributed by atoms with van der Waals surface area (Å²) in [6, 6.07) is 31.2. The predicted octanol–water partition coefficient (Wildman–Crippen LogP) is 10.9. The largest absolute Gasteiger partial charge is 0.416 e. The number of amides is 1. The van der Waals surface area contributed by atoms with Crippen molar-refractivity contribution >= 4 is 27.5 Å². The molecule has 0 bridgehead atoms. The number of unbranched alkanes of at least 4 members (excludes halogenated alkanes) is 1. The molecule has 8 rings (SSSR count). The Kier molecular flexibility index (Phi) is 9.61. The summed E-state index contributed by atoms with van der Waals surface area (Å²) in [4.78, 5) is 13.9. The summed E-state index contributed by atoms with van der Waals surface area (Å²) in [5.41, 5.74) is 4.21. The molecule has 3 aliphatic carbocycles. The van der Waals surface area contributed by atoms with Gasteiger partial charge in [-0.1, -0.05) is 116 Å². The molecule has 57 heavy (non-hydrogen) atoms. The summed E-state index contributed by atoms with van der Waals surface area (Å²) in [5.74, 6) is -0.889. The van der Waals surface area contributed by atoms with Gasteiger partial charge in [-0.2, -0.15) is 26.3 Å². The monoisotopic (exact) mass is 800 g/mol. The third-order valence-electron chi connectivity index (χ3n) is 11.8. The van der Waals surface area contributed by atoms with Crippen molar-refractivity contribution in [3.63, 3.8) is 0 Å². The molecule has 0 aromatic heterocycles.